The summed E-state index contributed by atoms with van der Waals surface area (Å²) in [4.78, 5) is 59.5. The maximum absolute atomic E-state index is 13.5. The Bertz CT molecular complexity index is 1830. The Morgan fingerprint density at radius 3 is 2.16 bits per heavy atom. The zero-order chi connectivity index (χ0) is 30.9. The Kier molecular flexibility index (Phi) is 7.58. The van der Waals surface area contributed by atoms with Gasteiger partial charge >= 0.3 is 5.97 Å². The highest BCUT2D eigenvalue weighted by Gasteiger charge is 2.66. The second-order valence-electron chi connectivity index (χ2n) is 11.6. The van der Waals surface area contributed by atoms with Crippen LogP contribution in [0.5, 0.6) is 0 Å². The minimum atomic E-state index is -0.629. The molecule has 6 unspecified atom stereocenters. The molecule has 0 spiro atoms. The van der Waals surface area contributed by atoms with E-state index in [1.807, 2.05) is 25.1 Å². The van der Waals surface area contributed by atoms with Crippen molar-refractivity contribution in [3.05, 3.63) is 94.0 Å². The van der Waals surface area contributed by atoms with E-state index in [4.69, 9.17) is 9.72 Å². The Balaban J connectivity index is 1.16. The van der Waals surface area contributed by atoms with Crippen molar-refractivity contribution in [1.29, 1.82) is 0 Å². The summed E-state index contributed by atoms with van der Waals surface area (Å²) in [5, 5.41) is 0.621. The van der Waals surface area contributed by atoms with E-state index in [0.29, 0.717) is 39.0 Å². The molecule has 3 fully saturated rings. The number of Topliss-reactive ketones (excluding diaryl/α,β-unsaturated/α-hetero) is 1. The molecule has 7 nitrogen and oxygen atoms in total. The van der Waals surface area contributed by atoms with Crippen molar-refractivity contribution in [2.75, 3.05) is 11.5 Å². The van der Waals surface area contributed by atoms with Crippen molar-refractivity contribution in [3.63, 3.8) is 0 Å². The number of ether oxygens (including phenoxy) is 1. The van der Waals surface area contributed by atoms with Gasteiger partial charge in [-0.2, -0.15) is 0 Å². The first-order valence-corrected chi connectivity index (χ1v) is 16.9. The van der Waals surface area contributed by atoms with Crippen LogP contribution in [0.2, 0.25) is 0 Å². The highest BCUT2D eigenvalue weighted by atomic mass is 79.9. The molecular formula is C34H25Br3N2O5. The summed E-state index contributed by atoms with van der Waals surface area (Å²) in [7, 11) is 0. The average Bonchev–Trinajstić information content (AvgIpc) is 3.64. The van der Waals surface area contributed by atoms with Crippen molar-refractivity contribution in [2.45, 2.75) is 23.0 Å². The minimum Gasteiger partial charge on any atom is -0.454 e. The number of carbonyl (C=O) groups is 4. The molecule has 0 radical (unpaired) electrons. The monoisotopic (exact) mass is 778 g/mol. The molecule has 3 aliphatic rings. The van der Waals surface area contributed by atoms with Crippen molar-refractivity contribution in [2.24, 2.45) is 23.7 Å². The zero-order valence-electron chi connectivity index (χ0n) is 23.4. The summed E-state index contributed by atoms with van der Waals surface area (Å²) in [5.41, 5.74) is 4.05. The Hall–Kier alpha value is -3.21. The lowest BCUT2D eigenvalue weighted by Gasteiger charge is -2.28. The largest absolute Gasteiger partial charge is 0.454 e. The van der Waals surface area contributed by atoms with Crippen LogP contribution < -0.4 is 4.90 Å². The summed E-state index contributed by atoms with van der Waals surface area (Å²) < 4.78 is 6.33. The molecule has 222 valence electrons. The first-order valence-electron chi connectivity index (χ1n) is 14.3. The number of rotatable bonds is 6. The van der Waals surface area contributed by atoms with Crippen molar-refractivity contribution < 1.29 is 23.9 Å². The molecule has 4 aromatic rings. The van der Waals surface area contributed by atoms with Crippen molar-refractivity contribution >= 4 is 87.9 Å². The van der Waals surface area contributed by atoms with Crippen molar-refractivity contribution in [1.82, 2.24) is 4.98 Å². The second-order valence-corrected chi connectivity index (χ2v) is 14.7. The third-order valence-electron chi connectivity index (χ3n) is 9.09. The lowest BCUT2D eigenvalue weighted by Crippen LogP contribution is -2.37. The fraction of sp³-hybridized carbons (Fsp3) is 0.265. The van der Waals surface area contributed by atoms with Gasteiger partial charge < -0.3 is 4.74 Å². The Morgan fingerprint density at radius 1 is 0.886 bits per heavy atom. The molecule has 44 heavy (non-hydrogen) atoms. The van der Waals surface area contributed by atoms with Crippen LogP contribution in [-0.4, -0.2) is 44.8 Å². The van der Waals surface area contributed by atoms with Gasteiger partial charge in [-0.1, -0.05) is 83.7 Å². The van der Waals surface area contributed by atoms with Gasteiger partial charge in [0, 0.05) is 30.6 Å². The Morgan fingerprint density at radius 2 is 1.52 bits per heavy atom. The predicted molar refractivity (Wildman–Crippen MR) is 177 cm³/mol. The van der Waals surface area contributed by atoms with Crippen LogP contribution in [0.3, 0.4) is 0 Å². The van der Waals surface area contributed by atoms with E-state index < -0.39 is 12.6 Å². The van der Waals surface area contributed by atoms with Gasteiger partial charge in [-0.25, -0.2) is 9.78 Å². The molecule has 6 atom stereocenters. The van der Waals surface area contributed by atoms with Gasteiger partial charge in [0.1, 0.15) is 0 Å². The van der Waals surface area contributed by atoms with Gasteiger partial charge in [-0.05, 0) is 67.6 Å². The number of fused-ring (bicyclic) bond motifs is 6. The molecule has 2 bridgehead atoms. The standard InChI is InChI=1S/C34H25Br3N2O5/c1-16-2-11-25-21(12-16)22(34(43)44-15-27(40)18-3-7-19(35)8-4-18)14-26(38-25)17-5-9-20(10-6-17)39-32(41)28-23-13-24(29(28)33(39)42)31(37)30(23)36/h2-12,14,23-24,28-31H,13,15H2,1H3. The van der Waals surface area contributed by atoms with Crippen LogP contribution in [0.15, 0.2) is 77.3 Å². The summed E-state index contributed by atoms with van der Waals surface area (Å²) in [6.07, 6.45) is 0.877. The maximum Gasteiger partial charge on any atom is 0.339 e. The van der Waals surface area contributed by atoms with Gasteiger partial charge in [-0.15, -0.1) is 0 Å². The zero-order valence-corrected chi connectivity index (χ0v) is 28.1. The number of anilines is 1. The topological polar surface area (TPSA) is 93.6 Å². The van der Waals surface area contributed by atoms with Gasteiger partial charge in [0.05, 0.1) is 34.3 Å². The molecule has 2 heterocycles. The smallest absolute Gasteiger partial charge is 0.339 e. The fourth-order valence-corrected chi connectivity index (χ4v) is 9.11. The number of carbonyl (C=O) groups excluding carboxylic acids is 4. The van der Waals surface area contributed by atoms with E-state index in [-0.39, 0.29) is 50.9 Å². The first kappa shape index (κ1) is 29.5. The highest BCUT2D eigenvalue weighted by Crippen LogP contribution is 2.60. The number of aromatic nitrogens is 1. The molecule has 1 aromatic heterocycles. The number of ketones is 1. The van der Waals surface area contributed by atoms with E-state index in [9.17, 15) is 19.2 Å². The number of halogens is 3. The number of imide groups is 1. The van der Waals surface area contributed by atoms with Crippen LogP contribution in [0.4, 0.5) is 5.69 Å². The van der Waals surface area contributed by atoms with E-state index in [1.54, 1.807) is 54.6 Å². The molecule has 7 rings (SSSR count). The van der Waals surface area contributed by atoms with Gasteiger partial charge in [0.25, 0.3) is 0 Å². The molecule has 2 aliphatic carbocycles. The van der Waals surface area contributed by atoms with Crippen molar-refractivity contribution in [3.8, 4) is 11.3 Å². The minimum absolute atomic E-state index is 0.133. The van der Waals surface area contributed by atoms with Crippen LogP contribution >= 0.6 is 47.8 Å². The third-order valence-corrected chi connectivity index (χ3v) is 12.8. The number of esters is 1. The molecule has 0 N–H and O–H groups in total. The Labute approximate surface area is 278 Å². The number of amides is 2. The normalized spacial score (nSPS) is 25.5. The lowest BCUT2D eigenvalue weighted by molar-refractivity contribution is -0.123. The van der Waals surface area contributed by atoms with Gasteiger partial charge in [-0.3, -0.25) is 19.3 Å². The number of alkyl halides is 2. The summed E-state index contributed by atoms with van der Waals surface area (Å²) in [6, 6.07) is 21.2. The number of hydrogen-bond donors (Lipinski definition) is 0. The first-order chi connectivity index (χ1) is 21.1. The highest BCUT2D eigenvalue weighted by molar-refractivity contribution is 9.12. The molecule has 10 heteroatoms. The SMILES string of the molecule is Cc1ccc2nc(-c3ccc(N4C(=O)C5C6CC(C(Br)C6Br)C5C4=O)cc3)cc(C(=O)OCC(=O)c3ccc(Br)cc3)c2c1. The molecular weight excluding hydrogens is 756 g/mol. The van der Waals surface area contributed by atoms with E-state index in [1.165, 1.54) is 4.90 Å². The number of aryl methyl sites for hydroxylation is 1. The summed E-state index contributed by atoms with van der Waals surface area (Å²) in [5.74, 6) is -1.50. The number of hydrogen-bond acceptors (Lipinski definition) is 6. The van der Waals surface area contributed by atoms with Gasteiger partial charge in [0.2, 0.25) is 11.8 Å². The molecule has 3 aromatic carbocycles. The van der Waals surface area contributed by atoms with E-state index in [0.717, 1.165) is 16.5 Å². The number of nitrogens with zero attached hydrogens (tertiary/aromatic N) is 2. The molecule has 1 aliphatic heterocycles. The second kappa shape index (κ2) is 11.3. The third kappa shape index (κ3) is 4.86. The fourth-order valence-electron chi connectivity index (χ4n) is 6.97. The number of benzene rings is 3. The van der Waals surface area contributed by atoms with Crippen LogP contribution in [0.25, 0.3) is 22.2 Å². The van der Waals surface area contributed by atoms with Crippen LogP contribution in [0.1, 0.15) is 32.7 Å². The van der Waals surface area contributed by atoms with Crippen LogP contribution in [0, 0.1) is 30.6 Å². The maximum atomic E-state index is 13.5. The predicted octanol–water partition coefficient (Wildman–Crippen LogP) is 7.29. The quantitative estimate of drug-likeness (QED) is 0.0884. The summed E-state index contributed by atoms with van der Waals surface area (Å²) >= 11 is 10.8. The average molecular weight is 781 g/mol. The number of pyridine rings is 1. The van der Waals surface area contributed by atoms with E-state index in [2.05, 4.69) is 47.8 Å². The summed E-state index contributed by atoms with van der Waals surface area (Å²) in [6.45, 7) is 1.53. The van der Waals surface area contributed by atoms with Crippen LogP contribution in [-0.2, 0) is 14.3 Å². The lowest BCUT2D eigenvalue weighted by atomic mass is 9.81. The van der Waals surface area contributed by atoms with Gasteiger partial charge in [0.15, 0.2) is 12.4 Å². The van der Waals surface area contributed by atoms with E-state index >= 15 is 0 Å². The molecule has 1 saturated heterocycles. The molecule has 2 saturated carbocycles. The molecule has 2 amide bonds.